The SMILES string of the molecule is C#CC#CC#CC#CC#CC#CC#CC#CC#CC#CC#CC#CC#CC#CC#CC#CC.CC(=O)c1ccc(N)cc1O. The first-order chi connectivity index (χ1) is 21.5. The highest BCUT2D eigenvalue weighted by Gasteiger charge is 2.04. The molecule has 0 saturated carbocycles. The normalized spacial score (nSPS) is 5.30. The average Bonchev–Trinajstić information content (AvgIpc) is 3.00. The lowest BCUT2D eigenvalue weighted by molar-refractivity contribution is 0.101. The van der Waals surface area contributed by atoms with Crippen molar-refractivity contribution in [1.82, 2.24) is 0 Å². The van der Waals surface area contributed by atoms with Crippen molar-refractivity contribution in [2.75, 3.05) is 5.73 Å². The second-order valence-corrected chi connectivity index (χ2v) is 6.35. The maximum absolute atomic E-state index is 10.8. The Kier molecular flexibility index (Phi) is 22.1. The molecule has 0 unspecified atom stereocenters. The van der Waals surface area contributed by atoms with Gasteiger partial charge < -0.3 is 10.8 Å². The van der Waals surface area contributed by atoms with Gasteiger partial charge in [-0.1, -0.05) is 5.92 Å². The van der Waals surface area contributed by atoms with Gasteiger partial charge in [-0.15, -0.1) is 6.42 Å². The summed E-state index contributed by atoms with van der Waals surface area (Å²) >= 11 is 0. The summed E-state index contributed by atoms with van der Waals surface area (Å²) in [5.41, 5.74) is 6.11. The number of aromatic hydroxyl groups is 1. The van der Waals surface area contributed by atoms with Gasteiger partial charge in [0, 0.05) is 94.6 Å². The van der Waals surface area contributed by atoms with Gasteiger partial charge in [-0.2, -0.15) is 0 Å². The number of carbonyl (C=O) groups excluding carboxylic acids is 1. The second-order valence-electron chi connectivity index (χ2n) is 6.35. The molecule has 0 radical (unpaired) electrons. The van der Waals surface area contributed by atoms with Crippen LogP contribution < -0.4 is 5.73 Å². The van der Waals surface area contributed by atoms with Crippen molar-refractivity contribution in [3.05, 3.63) is 23.8 Å². The van der Waals surface area contributed by atoms with Gasteiger partial charge >= 0.3 is 0 Å². The van der Waals surface area contributed by atoms with E-state index in [4.69, 9.17) is 17.3 Å². The number of benzene rings is 1. The van der Waals surface area contributed by atoms with Crippen LogP contribution in [0.1, 0.15) is 24.2 Å². The lowest BCUT2D eigenvalue weighted by Crippen LogP contribution is -1.93. The summed E-state index contributed by atoms with van der Waals surface area (Å²) in [7, 11) is 0. The zero-order valence-electron chi connectivity index (χ0n) is 23.2. The van der Waals surface area contributed by atoms with E-state index in [-0.39, 0.29) is 11.5 Å². The van der Waals surface area contributed by atoms with Crippen LogP contribution in [0.3, 0.4) is 0 Å². The summed E-state index contributed by atoms with van der Waals surface area (Å²) in [4.78, 5) is 10.8. The number of hydrogen-bond acceptors (Lipinski definition) is 3. The Morgan fingerprint density at radius 2 is 0.818 bits per heavy atom. The van der Waals surface area contributed by atoms with E-state index in [1.165, 1.54) is 19.1 Å². The molecule has 0 aliphatic carbocycles. The van der Waals surface area contributed by atoms with Crippen molar-refractivity contribution in [3.8, 4) is 196 Å². The first-order valence-electron chi connectivity index (χ1n) is 11.5. The van der Waals surface area contributed by atoms with Crippen LogP contribution in [-0.4, -0.2) is 10.9 Å². The predicted octanol–water partition coefficient (Wildman–Crippen LogP) is 1.87. The number of Topliss-reactive ketones (excluding diaryl/α,β-unsaturated/α-hetero) is 1. The monoisotopic (exact) mass is 551 g/mol. The van der Waals surface area contributed by atoms with Gasteiger partial charge in [0.1, 0.15) is 5.75 Å². The number of ketones is 1. The maximum atomic E-state index is 10.8. The van der Waals surface area contributed by atoms with Gasteiger partial charge in [0.05, 0.1) is 5.56 Å². The highest BCUT2D eigenvalue weighted by molar-refractivity contribution is 5.97. The fraction of sp³-hybridized carbons (Fsp3) is 0.0488. The average molecular weight is 552 g/mol. The number of nitrogens with two attached hydrogens (primary N) is 1. The Morgan fingerprint density at radius 1 is 0.545 bits per heavy atom. The number of nitrogen functional groups attached to an aromatic ring is 1. The molecule has 1 rings (SSSR count). The summed E-state index contributed by atoms with van der Waals surface area (Å²) in [6, 6.07) is 4.44. The third kappa shape index (κ3) is 23.8. The number of phenols is 1. The Morgan fingerprint density at radius 3 is 1.05 bits per heavy atom. The van der Waals surface area contributed by atoms with E-state index in [0.717, 1.165) is 0 Å². The molecule has 0 aromatic heterocycles. The quantitative estimate of drug-likeness (QED) is 0.319. The lowest BCUT2D eigenvalue weighted by atomic mass is 10.1. The summed E-state index contributed by atoms with van der Waals surface area (Å²) in [5.74, 6) is 76.7. The topological polar surface area (TPSA) is 63.3 Å². The standard InChI is InChI=1S/C33H4.C8H9NO2/c1-3-5-7-9-11-13-15-17-19-21-23-25-27-29-31-33-32-30-28-26-24-22-20-18-16-14-12-10-8-6-4-2;1-5(10)7-3-2-6(9)4-8(7)11/h1H,2H3;2-4,11H,9H2,1H3. The molecule has 1 aromatic rings. The van der Waals surface area contributed by atoms with Crippen LogP contribution in [0.2, 0.25) is 0 Å². The molecule has 3 heteroatoms. The molecule has 0 aliphatic rings. The molecule has 0 amide bonds. The number of phenolic OH excluding ortho intramolecular Hbond substituents is 1. The van der Waals surface area contributed by atoms with Crippen LogP contribution in [0.4, 0.5) is 5.69 Å². The molecule has 194 valence electrons. The molecule has 0 heterocycles. The molecule has 0 atom stereocenters. The van der Waals surface area contributed by atoms with Crippen molar-refractivity contribution >= 4 is 11.5 Å². The summed E-state index contributed by atoms with van der Waals surface area (Å²) in [6.45, 7) is 3.09. The molecular formula is C41H13NO2. The molecule has 0 aliphatic heterocycles. The van der Waals surface area contributed by atoms with E-state index in [2.05, 4.69) is 184 Å². The molecular weight excluding hydrogens is 538 g/mol. The largest absolute Gasteiger partial charge is 0.507 e. The molecule has 44 heavy (non-hydrogen) atoms. The molecule has 0 spiro atoms. The smallest absolute Gasteiger partial charge is 0.163 e. The third-order valence-corrected chi connectivity index (χ3v) is 3.35. The van der Waals surface area contributed by atoms with E-state index in [1.54, 1.807) is 13.0 Å². The number of anilines is 1. The van der Waals surface area contributed by atoms with E-state index in [9.17, 15) is 4.79 Å². The molecule has 3 N–H and O–H groups in total. The van der Waals surface area contributed by atoms with Gasteiger partial charge in [0.25, 0.3) is 0 Å². The minimum atomic E-state index is -0.164. The Balaban J connectivity index is 0.00000139. The minimum Gasteiger partial charge on any atom is -0.507 e. The zero-order chi connectivity index (χ0) is 32.4. The van der Waals surface area contributed by atoms with E-state index in [0.29, 0.717) is 11.3 Å². The summed E-state index contributed by atoms with van der Waals surface area (Å²) in [5, 5.41) is 9.16. The van der Waals surface area contributed by atoms with Crippen molar-refractivity contribution in [3.63, 3.8) is 0 Å². The third-order valence-electron chi connectivity index (χ3n) is 3.35. The number of rotatable bonds is 1. The van der Waals surface area contributed by atoms with E-state index in [1.807, 2.05) is 0 Å². The van der Waals surface area contributed by atoms with Crippen LogP contribution in [0, 0.1) is 190 Å². The number of terminal acetylenes is 1. The number of hydrogen-bond donors (Lipinski definition) is 2. The molecule has 0 fully saturated rings. The van der Waals surface area contributed by atoms with Gasteiger partial charge in [-0.3, -0.25) is 4.79 Å². The van der Waals surface area contributed by atoms with Crippen LogP contribution >= 0.6 is 0 Å². The summed E-state index contributed by atoms with van der Waals surface area (Å²) < 4.78 is 0. The highest BCUT2D eigenvalue weighted by Crippen LogP contribution is 2.19. The first kappa shape index (κ1) is 35.5. The Labute approximate surface area is 259 Å². The van der Waals surface area contributed by atoms with Gasteiger partial charge in [0.2, 0.25) is 0 Å². The van der Waals surface area contributed by atoms with Crippen LogP contribution in [0.15, 0.2) is 18.2 Å². The first-order valence-corrected chi connectivity index (χ1v) is 11.5. The van der Waals surface area contributed by atoms with Crippen LogP contribution in [0.25, 0.3) is 0 Å². The molecule has 1 aromatic carbocycles. The molecule has 0 saturated heterocycles. The number of carbonyl (C=O) groups is 1. The zero-order valence-corrected chi connectivity index (χ0v) is 23.2. The van der Waals surface area contributed by atoms with Gasteiger partial charge in [0.15, 0.2) is 5.78 Å². The fourth-order valence-electron chi connectivity index (χ4n) is 1.79. The van der Waals surface area contributed by atoms with Crippen LogP contribution in [-0.2, 0) is 0 Å². The molecule has 0 bridgehead atoms. The highest BCUT2D eigenvalue weighted by atomic mass is 16.3. The van der Waals surface area contributed by atoms with Crippen molar-refractivity contribution in [2.45, 2.75) is 13.8 Å². The van der Waals surface area contributed by atoms with E-state index >= 15 is 0 Å². The van der Waals surface area contributed by atoms with Crippen LogP contribution in [0.5, 0.6) is 5.75 Å². The fourth-order valence-corrected chi connectivity index (χ4v) is 1.79. The second kappa shape index (κ2) is 27.5. The summed E-state index contributed by atoms with van der Waals surface area (Å²) in [6.07, 6.45) is 4.92. The van der Waals surface area contributed by atoms with Crippen molar-refractivity contribution in [1.29, 1.82) is 0 Å². The molecule has 3 nitrogen and oxygen atoms in total. The van der Waals surface area contributed by atoms with E-state index < -0.39 is 0 Å². The lowest BCUT2D eigenvalue weighted by Gasteiger charge is -1.99. The predicted molar refractivity (Wildman–Crippen MR) is 174 cm³/mol. The maximum Gasteiger partial charge on any atom is 0.163 e. The Bertz CT molecular complexity index is 2320. The van der Waals surface area contributed by atoms with Crippen molar-refractivity contribution in [2.24, 2.45) is 0 Å². The Hall–Kier alpha value is -8.55. The van der Waals surface area contributed by atoms with Gasteiger partial charge in [-0.05, 0) is 121 Å². The van der Waals surface area contributed by atoms with Gasteiger partial charge in [-0.25, -0.2) is 0 Å². The van der Waals surface area contributed by atoms with Crippen molar-refractivity contribution < 1.29 is 9.90 Å². The minimum absolute atomic E-state index is 0.0579.